The lowest BCUT2D eigenvalue weighted by Gasteiger charge is -2.38. The molecule has 7 nitrogen and oxygen atoms in total. The van der Waals surface area contributed by atoms with E-state index >= 15 is 0 Å². The molecule has 1 fully saturated rings. The van der Waals surface area contributed by atoms with E-state index < -0.39 is 22.7 Å². The minimum absolute atomic E-state index is 0.0321. The van der Waals surface area contributed by atoms with Crippen LogP contribution in [0.3, 0.4) is 0 Å². The summed E-state index contributed by atoms with van der Waals surface area (Å²) in [5, 5.41) is 13.9. The minimum atomic E-state index is -1.07. The average molecular weight is 488 g/mol. The number of alkyl halides is 1. The molecule has 0 N–H and O–H groups in total. The predicted molar refractivity (Wildman–Crippen MR) is 108 cm³/mol. The third-order valence-corrected chi connectivity index (χ3v) is 6.27. The Morgan fingerprint density at radius 2 is 2.29 bits per heavy atom. The molecule has 3 heterocycles. The molecule has 2 unspecified atom stereocenters. The number of carbonyl (C=O) groups excluding carboxylic acids is 1. The lowest BCUT2D eigenvalue weighted by Crippen LogP contribution is -2.50. The molecule has 1 aliphatic heterocycles. The first-order valence-electron chi connectivity index (χ1n) is 8.15. The van der Waals surface area contributed by atoms with Gasteiger partial charge in [-0.2, -0.15) is 4.98 Å². The van der Waals surface area contributed by atoms with Crippen molar-refractivity contribution in [1.82, 2.24) is 19.5 Å². The molecule has 28 heavy (non-hydrogen) atoms. The second-order valence-corrected chi connectivity index (χ2v) is 8.40. The molecule has 2 aromatic heterocycles. The van der Waals surface area contributed by atoms with Crippen molar-refractivity contribution in [2.45, 2.75) is 6.23 Å². The summed E-state index contributed by atoms with van der Waals surface area (Å²) in [6.45, 7) is 0.118. The number of benzene rings is 1. The third kappa shape index (κ3) is 3.63. The summed E-state index contributed by atoms with van der Waals surface area (Å²) in [5.41, 5.74) is 0.466. The zero-order valence-electron chi connectivity index (χ0n) is 14.2. The van der Waals surface area contributed by atoms with Crippen molar-refractivity contribution in [2.24, 2.45) is 0 Å². The standard InChI is InChI=1S/C17H13BrClFN4O3S/c18-10-3-4-21-13(5-10)16(25)27-15-7-23(8-19)9-24(15,26)17-22-12-6-11(20)1-2-14(12)28-17/h1-6,15H,7-9H2. The van der Waals surface area contributed by atoms with Crippen molar-refractivity contribution in [3.63, 3.8) is 0 Å². The van der Waals surface area contributed by atoms with Crippen molar-refractivity contribution in [1.29, 1.82) is 0 Å². The van der Waals surface area contributed by atoms with Crippen molar-refractivity contribution < 1.29 is 13.9 Å². The predicted octanol–water partition coefficient (Wildman–Crippen LogP) is 4.05. The molecule has 146 valence electrons. The highest BCUT2D eigenvalue weighted by Gasteiger charge is 2.46. The molecular weight excluding hydrogens is 475 g/mol. The molecule has 3 aromatic rings. The first kappa shape index (κ1) is 19.6. The van der Waals surface area contributed by atoms with Crippen LogP contribution in [0.15, 0.2) is 41.0 Å². The maximum atomic E-state index is 13.7. The Kier molecular flexibility index (Phi) is 5.34. The highest BCUT2D eigenvalue weighted by Crippen LogP contribution is 2.38. The number of esters is 1. The molecule has 0 spiro atoms. The summed E-state index contributed by atoms with van der Waals surface area (Å²) in [5.74, 6) is -1.15. The van der Waals surface area contributed by atoms with Gasteiger partial charge in [-0.1, -0.05) is 27.3 Å². The number of hydroxylamine groups is 2. The van der Waals surface area contributed by atoms with Crippen LogP contribution in [0.4, 0.5) is 9.52 Å². The number of quaternary nitrogens is 1. The molecule has 0 radical (unpaired) electrons. The molecule has 0 amide bonds. The first-order chi connectivity index (χ1) is 13.4. The molecular formula is C17H13BrClFN4O3S. The summed E-state index contributed by atoms with van der Waals surface area (Å²) in [4.78, 5) is 22.4. The topological polar surface area (TPSA) is 78.4 Å². The van der Waals surface area contributed by atoms with Crippen LogP contribution in [0.2, 0.25) is 0 Å². The van der Waals surface area contributed by atoms with Gasteiger partial charge >= 0.3 is 5.97 Å². The second-order valence-electron chi connectivity index (χ2n) is 6.24. The highest BCUT2D eigenvalue weighted by molar-refractivity contribution is 9.10. The van der Waals surface area contributed by atoms with Gasteiger partial charge in [-0.15, -0.1) is 11.6 Å². The molecule has 0 aliphatic carbocycles. The van der Waals surface area contributed by atoms with Crippen LogP contribution in [-0.2, 0) is 4.74 Å². The number of hydrogen-bond donors (Lipinski definition) is 0. The monoisotopic (exact) mass is 486 g/mol. The third-order valence-electron chi connectivity index (χ3n) is 4.30. The average Bonchev–Trinajstić information content (AvgIpc) is 3.23. The van der Waals surface area contributed by atoms with Gasteiger partial charge in [0.2, 0.25) is 0 Å². The van der Waals surface area contributed by atoms with E-state index in [1.807, 2.05) is 0 Å². The number of halogens is 3. The molecule has 1 aromatic carbocycles. The molecule has 0 saturated carbocycles. The number of rotatable bonds is 4. The van der Waals surface area contributed by atoms with Crippen LogP contribution in [0.5, 0.6) is 0 Å². The van der Waals surface area contributed by atoms with E-state index in [0.717, 1.165) is 11.3 Å². The lowest BCUT2D eigenvalue weighted by atomic mass is 10.3. The van der Waals surface area contributed by atoms with Crippen LogP contribution in [0.1, 0.15) is 10.5 Å². The Morgan fingerprint density at radius 1 is 1.46 bits per heavy atom. The quantitative estimate of drug-likeness (QED) is 0.182. The van der Waals surface area contributed by atoms with Crippen molar-refractivity contribution in [3.05, 3.63) is 57.7 Å². The van der Waals surface area contributed by atoms with Crippen molar-refractivity contribution in [3.8, 4) is 0 Å². The Labute approximate surface area is 176 Å². The molecule has 1 saturated heterocycles. The minimum Gasteiger partial charge on any atom is -0.622 e. The fraction of sp³-hybridized carbons (Fsp3) is 0.235. The van der Waals surface area contributed by atoms with Crippen LogP contribution >= 0.6 is 38.9 Å². The number of hydrogen-bond acceptors (Lipinski definition) is 7. The van der Waals surface area contributed by atoms with Gasteiger partial charge in [0.25, 0.3) is 11.4 Å². The van der Waals surface area contributed by atoms with Crippen molar-refractivity contribution in [2.75, 3.05) is 19.2 Å². The Bertz CT molecular complexity index is 1050. The van der Waals surface area contributed by atoms with E-state index in [0.29, 0.717) is 14.7 Å². The van der Waals surface area contributed by atoms with Gasteiger partial charge in [0, 0.05) is 16.7 Å². The number of carbonyl (C=O) groups is 1. The van der Waals surface area contributed by atoms with E-state index in [4.69, 9.17) is 16.3 Å². The van der Waals surface area contributed by atoms with Crippen LogP contribution in [-0.4, -0.2) is 46.3 Å². The number of thiazole rings is 1. The lowest BCUT2D eigenvalue weighted by molar-refractivity contribution is 0.00507. The molecule has 2 atom stereocenters. The first-order valence-corrected chi connectivity index (χ1v) is 10.3. The Balaban J connectivity index is 1.67. The maximum Gasteiger partial charge on any atom is 0.361 e. The van der Waals surface area contributed by atoms with Gasteiger partial charge in [0.05, 0.1) is 22.8 Å². The SMILES string of the molecule is O=C(OC1CN(CCl)C[N+]1([O-])c1nc2cc(F)ccc2s1)c1cc(Br)ccn1. The molecule has 4 rings (SSSR count). The number of pyridine rings is 1. The molecule has 11 heteroatoms. The Morgan fingerprint density at radius 3 is 3.04 bits per heavy atom. The normalized spacial score (nSPS) is 22.6. The summed E-state index contributed by atoms with van der Waals surface area (Å²) in [6, 6.07) is 7.44. The van der Waals surface area contributed by atoms with E-state index in [1.54, 1.807) is 17.0 Å². The van der Waals surface area contributed by atoms with Gasteiger partial charge in [0.1, 0.15) is 18.2 Å². The number of fused-ring (bicyclic) bond motifs is 1. The summed E-state index contributed by atoms with van der Waals surface area (Å²) < 4.78 is 19.3. The number of aromatic nitrogens is 2. The molecule has 0 bridgehead atoms. The van der Waals surface area contributed by atoms with Gasteiger partial charge in [-0.25, -0.2) is 19.1 Å². The highest BCUT2D eigenvalue weighted by atomic mass is 79.9. The van der Waals surface area contributed by atoms with Gasteiger partial charge in [-0.05, 0) is 24.3 Å². The number of ether oxygens (including phenoxy) is 1. The summed E-state index contributed by atoms with van der Waals surface area (Å²) >= 11 is 10.3. The van der Waals surface area contributed by atoms with E-state index in [9.17, 15) is 14.4 Å². The van der Waals surface area contributed by atoms with Gasteiger partial charge < -0.3 is 9.94 Å². The van der Waals surface area contributed by atoms with Crippen molar-refractivity contribution >= 4 is 60.2 Å². The largest absolute Gasteiger partial charge is 0.622 e. The van der Waals surface area contributed by atoms with Crippen LogP contribution < -0.4 is 4.65 Å². The fourth-order valence-electron chi connectivity index (χ4n) is 2.94. The molecule has 1 aliphatic rings. The van der Waals surface area contributed by atoms with E-state index in [1.165, 1.54) is 24.4 Å². The zero-order chi connectivity index (χ0) is 19.9. The Hall–Kier alpha value is -1.69. The van der Waals surface area contributed by atoms with Gasteiger partial charge in [0.15, 0.2) is 0 Å². The zero-order valence-corrected chi connectivity index (χ0v) is 17.4. The second kappa shape index (κ2) is 7.62. The smallest absolute Gasteiger partial charge is 0.361 e. The van der Waals surface area contributed by atoms with E-state index in [-0.39, 0.29) is 30.0 Å². The van der Waals surface area contributed by atoms with Gasteiger partial charge in [-0.3, -0.25) is 4.65 Å². The maximum absolute atomic E-state index is 13.7. The van der Waals surface area contributed by atoms with Crippen LogP contribution in [0, 0.1) is 11.0 Å². The van der Waals surface area contributed by atoms with Crippen LogP contribution in [0.25, 0.3) is 10.2 Å². The fourth-order valence-corrected chi connectivity index (χ4v) is 4.47. The summed E-state index contributed by atoms with van der Waals surface area (Å²) in [7, 11) is 0. The van der Waals surface area contributed by atoms with E-state index in [2.05, 4.69) is 25.9 Å². The number of nitrogens with zero attached hydrogens (tertiary/aromatic N) is 4. The summed E-state index contributed by atoms with van der Waals surface area (Å²) in [6.07, 6.45) is 0.388.